The summed E-state index contributed by atoms with van der Waals surface area (Å²) in [6.45, 7) is 16.2. The first kappa shape index (κ1) is 55.7. The van der Waals surface area contributed by atoms with Gasteiger partial charge in [0.25, 0.3) is 0 Å². The van der Waals surface area contributed by atoms with E-state index in [1.54, 1.807) is 0 Å². The number of fused-ring (bicyclic) bond motifs is 6. The molecule has 0 atom stereocenters. The maximum atomic E-state index is 3.94. The third-order valence-corrected chi connectivity index (χ3v) is 25.8. The normalized spacial score (nSPS) is 15.3. The highest BCUT2D eigenvalue weighted by Gasteiger charge is 2.37. The second-order valence-corrected chi connectivity index (χ2v) is 32.5. The Balaban J connectivity index is 1.22. The lowest BCUT2D eigenvalue weighted by Gasteiger charge is -2.17. The van der Waals surface area contributed by atoms with E-state index in [0.29, 0.717) is 0 Å². The van der Waals surface area contributed by atoms with Gasteiger partial charge in [0.15, 0.2) is 0 Å². The molecule has 0 spiro atoms. The van der Waals surface area contributed by atoms with Gasteiger partial charge in [0.2, 0.25) is 0 Å². The quantitative estimate of drug-likeness (QED) is 0.0381. The van der Waals surface area contributed by atoms with Crippen LogP contribution in [-0.2, 0) is 0 Å². The van der Waals surface area contributed by atoms with Gasteiger partial charge in [-0.25, -0.2) is 0 Å². The van der Waals surface area contributed by atoms with Crippen LogP contribution in [0.5, 0.6) is 0 Å². The highest BCUT2D eigenvalue weighted by atomic mass is 79.9. The van der Waals surface area contributed by atoms with E-state index in [1.807, 2.05) is 11.8 Å². The molecular weight excluding hydrogens is 1090 g/mol. The Hall–Kier alpha value is -0.530. The third kappa shape index (κ3) is 14.3. The van der Waals surface area contributed by atoms with Gasteiger partial charge >= 0.3 is 0 Å². The molecule has 4 aromatic carbocycles. The van der Waals surface area contributed by atoms with Gasteiger partial charge in [0.1, 0.15) is 0 Å². The molecule has 0 radical (unpaired) electrons. The Morgan fingerprint density at radius 2 is 0.757 bits per heavy atom. The molecule has 2 heterocycles. The molecule has 8 rings (SSSR count). The summed E-state index contributed by atoms with van der Waals surface area (Å²) in [4.78, 5) is 1.33. The van der Waals surface area contributed by atoms with E-state index in [-0.39, 0.29) is 4.75 Å². The van der Waals surface area contributed by atoms with Gasteiger partial charge in [0, 0.05) is 25.3 Å². The summed E-state index contributed by atoms with van der Waals surface area (Å²) in [6, 6.07) is 29.0. The van der Waals surface area contributed by atoms with Crippen LogP contribution in [0.4, 0.5) is 0 Å². The lowest BCUT2D eigenvalue weighted by Crippen LogP contribution is -2.06. The molecule has 0 aromatic heterocycles. The number of thioether (sulfide) groups is 9. The molecule has 0 N–H and O–H groups in total. The molecule has 0 saturated heterocycles. The Bertz CT molecular complexity index is 2520. The van der Waals surface area contributed by atoms with Crippen molar-refractivity contribution in [3.63, 3.8) is 0 Å². The summed E-state index contributed by atoms with van der Waals surface area (Å²) in [6.07, 6.45) is 21.0. The van der Waals surface area contributed by atoms with Crippen LogP contribution >= 0.6 is 122 Å². The predicted octanol–water partition coefficient (Wildman–Crippen LogP) is 23.9. The van der Waals surface area contributed by atoms with Crippen molar-refractivity contribution >= 4 is 133 Å². The zero-order valence-electron chi connectivity index (χ0n) is 42.6. The van der Waals surface area contributed by atoms with E-state index in [4.69, 9.17) is 0 Å². The SMILES string of the molecule is CCCCCCSC1=C(SCCCCCC)SC(=C2c3cc(Br)ccc3-c3cc4c(cc32)-c2ccc(-c3ccc(SC(C)(C)C)cc3)cc2C4=C2SC(SCCCCCC)=C(SCCCCCC)S2)S1. The minimum absolute atomic E-state index is 0.176. The topological polar surface area (TPSA) is 0 Å². The van der Waals surface area contributed by atoms with E-state index in [9.17, 15) is 0 Å². The molecule has 4 aromatic rings. The highest BCUT2D eigenvalue weighted by molar-refractivity contribution is 9.10. The van der Waals surface area contributed by atoms with Gasteiger partial charge in [-0.2, -0.15) is 0 Å². The molecule has 0 fully saturated rings. The first-order valence-corrected chi connectivity index (χ1v) is 35.0. The molecule has 2 aliphatic carbocycles. The van der Waals surface area contributed by atoms with Gasteiger partial charge in [-0.1, -0.05) is 219 Å². The number of halogens is 1. The fourth-order valence-electron chi connectivity index (χ4n) is 9.26. The van der Waals surface area contributed by atoms with Crippen LogP contribution in [-0.4, -0.2) is 27.8 Å². The summed E-state index contributed by atoms with van der Waals surface area (Å²) in [5.74, 6) is 4.81. The van der Waals surface area contributed by atoms with Crippen molar-refractivity contribution in [1.29, 1.82) is 0 Å². The largest absolute Gasteiger partial charge is 0.120 e. The lowest BCUT2D eigenvalue weighted by molar-refractivity contribution is 0.707. The molecule has 0 saturated carbocycles. The van der Waals surface area contributed by atoms with Crippen molar-refractivity contribution in [3.8, 4) is 33.4 Å². The van der Waals surface area contributed by atoms with Crippen molar-refractivity contribution in [3.05, 3.63) is 125 Å². The first-order chi connectivity index (χ1) is 34.1. The molecule has 70 heavy (non-hydrogen) atoms. The van der Waals surface area contributed by atoms with Gasteiger partial charge in [-0.3, -0.25) is 0 Å². The molecule has 0 nitrogen and oxygen atoms in total. The van der Waals surface area contributed by atoms with Crippen molar-refractivity contribution in [1.82, 2.24) is 0 Å². The van der Waals surface area contributed by atoms with Crippen molar-refractivity contribution in [2.75, 3.05) is 23.0 Å². The Labute approximate surface area is 470 Å². The highest BCUT2D eigenvalue weighted by Crippen LogP contribution is 2.66. The minimum atomic E-state index is 0.176. The molecule has 0 bridgehead atoms. The van der Waals surface area contributed by atoms with Crippen molar-refractivity contribution in [2.24, 2.45) is 0 Å². The average molecular weight is 1160 g/mol. The van der Waals surface area contributed by atoms with E-state index in [2.05, 4.69) is 231 Å². The standard InChI is InChI=1S/C60H73BrS9/c1-8-12-16-20-32-62-56-57(63-33-21-17-13-9-2)67-54(66-56)52-48-36-41(40-24-28-43(29-25-40)70-60(5,6)7)26-30-44(48)46-38-51-47(39-50(46)52)45-31-27-42(61)37-49(45)53(51)55-68-58(64-34-22-18-14-10-3)59(69-55)65-35-23-19-15-11-4/h24-31,36-39H,8-23,32-35H2,1-7H3. The molecule has 374 valence electrons. The van der Waals surface area contributed by atoms with Crippen LogP contribution in [0.25, 0.3) is 44.5 Å². The number of hydrogen-bond acceptors (Lipinski definition) is 9. The summed E-state index contributed by atoms with van der Waals surface area (Å²) >= 11 is 22.7. The van der Waals surface area contributed by atoms with Crippen LogP contribution in [0.15, 0.2) is 108 Å². The van der Waals surface area contributed by atoms with E-state index in [0.717, 1.165) is 4.47 Å². The Kier molecular flexibility index (Phi) is 21.9. The molecule has 0 unspecified atom stereocenters. The fourth-order valence-corrected chi connectivity index (χ4v) is 22.8. The maximum absolute atomic E-state index is 3.94. The van der Waals surface area contributed by atoms with Crippen LogP contribution in [0.2, 0.25) is 0 Å². The second kappa shape index (κ2) is 27.5. The van der Waals surface area contributed by atoms with Crippen molar-refractivity contribution < 1.29 is 0 Å². The summed E-state index contributed by atoms with van der Waals surface area (Å²) in [5.41, 5.74) is 16.5. The van der Waals surface area contributed by atoms with Gasteiger partial charge < -0.3 is 0 Å². The van der Waals surface area contributed by atoms with Crippen LogP contribution in [0.3, 0.4) is 0 Å². The summed E-state index contributed by atoms with van der Waals surface area (Å²) in [5, 5.41) is 0. The Morgan fingerprint density at radius 1 is 0.386 bits per heavy atom. The summed E-state index contributed by atoms with van der Waals surface area (Å²) in [7, 11) is 0. The number of benzene rings is 4. The van der Waals surface area contributed by atoms with Gasteiger partial charge in [0.05, 0.1) is 25.4 Å². The smallest absolute Gasteiger partial charge is 0.0660 e. The van der Waals surface area contributed by atoms with Gasteiger partial charge in [-0.15, -0.1) is 58.8 Å². The second-order valence-electron chi connectivity index (χ2n) is 19.7. The van der Waals surface area contributed by atoms with Crippen molar-refractivity contribution in [2.45, 2.75) is 161 Å². The summed E-state index contributed by atoms with van der Waals surface area (Å²) < 4.78 is 10.4. The van der Waals surface area contributed by atoms with Crippen LogP contribution in [0, 0.1) is 0 Å². The van der Waals surface area contributed by atoms with E-state index in [1.165, 1.54) is 223 Å². The molecule has 4 aliphatic rings. The molecule has 2 aliphatic heterocycles. The van der Waals surface area contributed by atoms with E-state index >= 15 is 0 Å². The van der Waals surface area contributed by atoms with E-state index < -0.39 is 0 Å². The zero-order valence-corrected chi connectivity index (χ0v) is 51.6. The monoisotopic (exact) mass is 1160 g/mol. The fraction of sp³-hybridized carbons (Fsp3) is 0.467. The van der Waals surface area contributed by atoms with Gasteiger partial charge in [-0.05, 0) is 147 Å². The Morgan fingerprint density at radius 3 is 1.16 bits per heavy atom. The number of hydrogen-bond donors (Lipinski definition) is 0. The maximum Gasteiger partial charge on any atom is 0.0660 e. The zero-order chi connectivity index (χ0) is 49.0. The number of rotatable bonds is 26. The number of unbranched alkanes of at least 4 members (excludes halogenated alkanes) is 12. The van der Waals surface area contributed by atoms with Crippen LogP contribution in [0.1, 0.15) is 173 Å². The molecule has 0 amide bonds. The molecule has 10 heteroatoms. The average Bonchev–Trinajstić information content (AvgIpc) is 4.10. The predicted molar refractivity (Wildman–Crippen MR) is 339 cm³/mol. The lowest BCUT2D eigenvalue weighted by atomic mass is 9.96. The third-order valence-electron chi connectivity index (χ3n) is 12.8. The molecular formula is C60H73BrS9. The minimum Gasteiger partial charge on any atom is -0.120 e. The van der Waals surface area contributed by atoms with Crippen LogP contribution < -0.4 is 0 Å². The first-order valence-electron chi connectivity index (χ1n) is 26.2.